The van der Waals surface area contributed by atoms with Gasteiger partial charge in [-0.1, -0.05) is 11.8 Å². The first-order valence-electron chi connectivity index (χ1n) is 7.81. The van der Waals surface area contributed by atoms with Crippen LogP contribution in [0.1, 0.15) is 19.2 Å². The molecular formula is C16H21N5O3S. The Morgan fingerprint density at radius 3 is 2.64 bits per heavy atom. The molecule has 25 heavy (non-hydrogen) atoms. The highest BCUT2D eigenvalue weighted by Crippen LogP contribution is 2.18. The van der Waals surface area contributed by atoms with Gasteiger partial charge in [0.15, 0.2) is 5.16 Å². The van der Waals surface area contributed by atoms with Gasteiger partial charge in [-0.05, 0) is 31.2 Å². The van der Waals surface area contributed by atoms with E-state index in [1.54, 1.807) is 35.9 Å². The maximum absolute atomic E-state index is 12.0. The van der Waals surface area contributed by atoms with Crippen molar-refractivity contribution in [3.8, 4) is 5.75 Å². The van der Waals surface area contributed by atoms with Crippen LogP contribution in [-0.4, -0.2) is 38.9 Å². The van der Waals surface area contributed by atoms with Crippen LogP contribution in [0.5, 0.6) is 5.75 Å². The van der Waals surface area contributed by atoms with Crippen molar-refractivity contribution in [2.45, 2.75) is 24.9 Å². The summed E-state index contributed by atoms with van der Waals surface area (Å²) in [7, 11) is 1.79. The first-order chi connectivity index (χ1) is 12.0. The summed E-state index contributed by atoms with van der Waals surface area (Å²) in [6.45, 7) is 2.51. The number of carbonyl (C=O) groups is 2. The van der Waals surface area contributed by atoms with Crippen molar-refractivity contribution in [1.29, 1.82) is 0 Å². The fraction of sp³-hybridized carbons (Fsp3) is 0.375. The normalized spacial score (nSPS) is 10.5. The first-order valence-corrected chi connectivity index (χ1v) is 8.80. The molecule has 2 amide bonds. The molecule has 0 atom stereocenters. The number of thioether (sulfide) groups is 1. The maximum atomic E-state index is 12.0. The van der Waals surface area contributed by atoms with E-state index in [9.17, 15) is 9.59 Å². The molecule has 0 aliphatic rings. The maximum Gasteiger partial charge on any atom is 0.234 e. The lowest BCUT2D eigenvalue weighted by atomic mass is 10.3. The van der Waals surface area contributed by atoms with Gasteiger partial charge >= 0.3 is 0 Å². The largest absolute Gasteiger partial charge is 0.494 e. The van der Waals surface area contributed by atoms with Crippen molar-refractivity contribution < 1.29 is 14.3 Å². The third kappa shape index (κ3) is 5.79. The van der Waals surface area contributed by atoms with Gasteiger partial charge in [-0.3, -0.25) is 9.59 Å². The molecule has 2 rings (SSSR count). The molecule has 3 N–H and O–H groups in total. The zero-order chi connectivity index (χ0) is 18.2. The Hall–Kier alpha value is -2.55. The van der Waals surface area contributed by atoms with E-state index in [0.29, 0.717) is 29.7 Å². The first kappa shape index (κ1) is 18.8. The van der Waals surface area contributed by atoms with E-state index in [1.807, 2.05) is 6.92 Å². The number of nitrogens with one attached hydrogen (secondary N) is 1. The number of hydrogen-bond acceptors (Lipinski definition) is 6. The number of aromatic nitrogens is 3. The van der Waals surface area contributed by atoms with Gasteiger partial charge in [-0.2, -0.15) is 0 Å². The fourth-order valence-corrected chi connectivity index (χ4v) is 2.78. The van der Waals surface area contributed by atoms with Gasteiger partial charge in [-0.25, -0.2) is 0 Å². The molecule has 8 nitrogen and oxygen atoms in total. The number of benzene rings is 1. The molecule has 0 saturated carbocycles. The van der Waals surface area contributed by atoms with Gasteiger partial charge in [0.25, 0.3) is 0 Å². The number of primary amides is 1. The van der Waals surface area contributed by atoms with E-state index in [0.717, 1.165) is 5.75 Å². The third-order valence-corrected chi connectivity index (χ3v) is 4.32. The third-order valence-electron chi connectivity index (χ3n) is 3.30. The minimum atomic E-state index is -0.382. The van der Waals surface area contributed by atoms with Crippen LogP contribution < -0.4 is 15.8 Å². The highest BCUT2D eigenvalue weighted by Gasteiger charge is 2.12. The minimum absolute atomic E-state index is 0.143. The van der Waals surface area contributed by atoms with Crippen molar-refractivity contribution in [2.24, 2.45) is 12.8 Å². The van der Waals surface area contributed by atoms with E-state index in [2.05, 4.69) is 15.5 Å². The molecule has 1 aromatic carbocycles. The molecule has 0 saturated heterocycles. The van der Waals surface area contributed by atoms with Crippen LogP contribution in [0.2, 0.25) is 0 Å². The van der Waals surface area contributed by atoms with Gasteiger partial charge in [-0.15, -0.1) is 10.2 Å². The molecule has 1 aromatic heterocycles. The van der Waals surface area contributed by atoms with E-state index < -0.39 is 0 Å². The molecule has 0 fully saturated rings. The SMILES string of the molecule is CCOc1ccc(NC(=O)CSc2nnc(CCC(N)=O)n2C)cc1. The average Bonchev–Trinajstić information content (AvgIpc) is 2.93. The number of amides is 2. The lowest BCUT2D eigenvalue weighted by molar-refractivity contribution is -0.118. The summed E-state index contributed by atoms with van der Waals surface area (Å²) < 4.78 is 7.12. The number of anilines is 1. The second-order valence-corrected chi connectivity index (χ2v) is 6.16. The molecule has 0 aliphatic carbocycles. The zero-order valence-electron chi connectivity index (χ0n) is 14.2. The number of aryl methyl sites for hydroxylation is 1. The summed E-state index contributed by atoms with van der Waals surface area (Å²) in [5, 5.41) is 11.5. The van der Waals surface area contributed by atoms with Crippen molar-refractivity contribution in [2.75, 3.05) is 17.7 Å². The van der Waals surface area contributed by atoms with Gasteiger partial charge in [0.05, 0.1) is 12.4 Å². The lowest BCUT2D eigenvalue weighted by Crippen LogP contribution is -2.14. The second-order valence-electron chi connectivity index (χ2n) is 5.22. The number of nitrogens with zero attached hydrogens (tertiary/aromatic N) is 3. The van der Waals surface area contributed by atoms with E-state index in [1.165, 1.54) is 11.8 Å². The number of rotatable bonds is 9. The van der Waals surface area contributed by atoms with Crippen molar-refractivity contribution >= 4 is 29.3 Å². The van der Waals surface area contributed by atoms with Gasteiger partial charge < -0.3 is 20.4 Å². The Balaban J connectivity index is 1.84. The number of ether oxygens (including phenoxy) is 1. The molecule has 2 aromatic rings. The van der Waals surface area contributed by atoms with Crippen LogP contribution >= 0.6 is 11.8 Å². The monoisotopic (exact) mass is 363 g/mol. The second kappa shape index (κ2) is 9.07. The minimum Gasteiger partial charge on any atom is -0.494 e. The number of carbonyl (C=O) groups excluding carboxylic acids is 2. The van der Waals surface area contributed by atoms with Crippen molar-refractivity contribution in [1.82, 2.24) is 14.8 Å². The van der Waals surface area contributed by atoms with E-state index in [-0.39, 0.29) is 24.0 Å². The Kier molecular flexibility index (Phi) is 6.81. The smallest absolute Gasteiger partial charge is 0.234 e. The molecule has 0 bridgehead atoms. The Bertz CT molecular complexity index is 730. The Labute approximate surface area is 150 Å². The molecule has 9 heteroatoms. The molecule has 0 radical (unpaired) electrons. The molecule has 134 valence electrons. The molecule has 0 unspecified atom stereocenters. The van der Waals surface area contributed by atoms with Crippen LogP contribution in [0.4, 0.5) is 5.69 Å². The predicted octanol–water partition coefficient (Wildman–Crippen LogP) is 1.36. The van der Waals surface area contributed by atoms with Crippen LogP contribution in [0.15, 0.2) is 29.4 Å². The van der Waals surface area contributed by atoms with Crippen LogP contribution in [0, 0.1) is 0 Å². The number of nitrogens with two attached hydrogens (primary N) is 1. The van der Waals surface area contributed by atoms with E-state index >= 15 is 0 Å². The molecular weight excluding hydrogens is 342 g/mol. The Morgan fingerprint density at radius 2 is 2.00 bits per heavy atom. The van der Waals surface area contributed by atoms with Crippen LogP contribution in [0.3, 0.4) is 0 Å². The molecule has 0 aliphatic heterocycles. The Morgan fingerprint density at radius 1 is 1.28 bits per heavy atom. The summed E-state index contributed by atoms with van der Waals surface area (Å²) in [5.41, 5.74) is 5.84. The fourth-order valence-electron chi connectivity index (χ4n) is 2.05. The quantitative estimate of drug-likeness (QED) is 0.651. The van der Waals surface area contributed by atoms with Gasteiger partial charge in [0.2, 0.25) is 11.8 Å². The summed E-state index contributed by atoms with van der Waals surface area (Å²) in [6, 6.07) is 7.19. The highest BCUT2D eigenvalue weighted by molar-refractivity contribution is 7.99. The zero-order valence-corrected chi connectivity index (χ0v) is 15.0. The topological polar surface area (TPSA) is 112 Å². The highest BCUT2D eigenvalue weighted by atomic mass is 32.2. The van der Waals surface area contributed by atoms with Gasteiger partial charge in [0, 0.05) is 25.6 Å². The van der Waals surface area contributed by atoms with Gasteiger partial charge in [0.1, 0.15) is 11.6 Å². The average molecular weight is 363 g/mol. The van der Waals surface area contributed by atoms with Crippen LogP contribution in [0.25, 0.3) is 0 Å². The molecule has 0 spiro atoms. The summed E-state index contributed by atoms with van der Waals surface area (Å²) >= 11 is 1.28. The van der Waals surface area contributed by atoms with E-state index in [4.69, 9.17) is 10.5 Å². The number of hydrogen-bond donors (Lipinski definition) is 2. The summed E-state index contributed by atoms with van der Waals surface area (Å²) in [4.78, 5) is 22.9. The molecule has 1 heterocycles. The van der Waals surface area contributed by atoms with Crippen LogP contribution in [-0.2, 0) is 23.1 Å². The van der Waals surface area contributed by atoms with Crippen molar-refractivity contribution in [3.63, 3.8) is 0 Å². The van der Waals surface area contributed by atoms with Crippen molar-refractivity contribution in [3.05, 3.63) is 30.1 Å². The predicted molar refractivity (Wildman–Crippen MR) is 95.5 cm³/mol. The lowest BCUT2D eigenvalue weighted by Gasteiger charge is -2.07. The summed E-state index contributed by atoms with van der Waals surface area (Å²) in [5.74, 6) is 1.10. The standard InChI is InChI=1S/C16H21N5O3S/c1-3-24-12-6-4-11(5-7-12)18-15(23)10-25-16-20-19-14(21(16)2)9-8-13(17)22/h4-7H,3,8-10H2,1-2H3,(H2,17,22)(H,18,23). The summed E-state index contributed by atoms with van der Waals surface area (Å²) in [6.07, 6.45) is 0.645.